The van der Waals surface area contributed by atoms with Gasteiger partial charge in [0.2, 0.25) is 0 Å². The molecule has 0 atom stereocenters. The van der Waals surface area contributed by atoms with Crippen LogP contribution in [0.15, 0.2) is 146 Å². The Morgan fingerprint density at radius 1 is 0.422 bits per heavy atom. The summed E-state index contributed by atoms with van der Waals surface area (Å²) in [4.78, 5) is 0. The van der Waals surface area contributed by atoms with Gasteiger partial charge in [0.05, 0.1) is 33.4 Å². The molecule has 0 spiro atoms. The topological polar surface area (TPSA) is 27.7 Å². The molecule has 0 aliphatic carbocycles. The highest BCUT2D eigenvalue weighted by Gasteiger charge is 2.20. The van der Waals surface area contributed by atoms with Crippen LogP contribution in [0, 0.1) is 13.8 Å². The van der Waals surface area contributed by atoms with Crippen LogP contribution in [-0.4, -0.2) is 18.9 Å². The monoisotopic (exact) mass is 578 g/mol. The number of hydrogen-bond acceptors (Lipinski definition) is 1. The van der Waals surface area contributed by atoms with Gasteiger partial charge in [-0.1, -0.05) is 91.0 Å². The Hall–Kier alpha value is -5.87. The first-order chi connectivity index (χ1) is 22.2. The molecule has 0 saturated carbocycles. The fourth-order valence-corrected chi connectivity index (χ4v) is 7.28. The molecule has 4 heteroatoms. The molecule has 0 bridgehead atoms. The average Bonchev–Trinajstić information content (AvgIpc) is 3.71. The number of aryl methyl sites for hydroxylation is 1. The van der Waals surface area contributed by atoms with E-state index in [9.17, 15) is 0 Å². The average molecular weight is 579 g/mol. The van der Waals surface area contributed by atoms with Gasteiger partial charge in [0.25, 0.3) is 0 Å². The first-order valence-corrected chi connectivity index (χ1v) is 15.4. The molecule has 0 aliphatic heterocycles. The van der Waals surface area contributed by atoms with Crippen LogP contribution < -0.4 is 0 Å². The van der Waals surface area contributed by atoms with Gasteiger partial charge in [-0.25, -0.2) is 4.68 Å². The summed E-state index contributed by atoms with van der Waals surface area (Å²) in [6.45, 7) is 4.30. The Kier molecular flexibility index (Phi) is 5.59. The van der Waals surface area contributed by atoms with E-state index in [0.717, 1.165) is 39.6 Å². The largest absolute Gasteiger partial charge is 0.309 e. The normalized spacial score (nSPS) is 11.8. The maximum Gasteiger partial charge on any atom is 0.0679 e. The van der Waals surface area contributed by atoms with Crippen molar-refractivity contribution in [1.82, 2.24) is 18.9 Å². The van der Waals surface area contributed by atoms with Crippen LogP contribution in [0.3, 0.4) is 0 Å². The number of aromatic nitrogens is 4. The van der Waals surface area contributed by atoms with Crippen molar-refractivity contribution in [1.29, 1.82) is 0 Å². The SMILES string of the molecule is Cc1nn(-c2ccccc2)c(C)c1-c1cc(-n2c3ccccc3c3ccccc32)cc(-n2c3ccccc3c3ccccc32)c1. The van der Waals surface area contributed by atoms with E-state index in [1.165, 1.54) is 43.6 Å². The van der Waals surface area contributed by atoms with Crippen LogP contribution in [-0.2, 0) is 0 Å². The summed E-state index contributed by atoms with van der Waals surface area (Å²) < 4.78 is 6.90. The number of nitrogens with zero attached hydrogens (tertiary/aromatic N) is 4. The molecule has 0 N–H and O–H groups in total. The van der Waals surface area contributed by atoms with E-state index in [-0.39, 0.29) is 0 Å². The highest BCUT2D eigenvalue weighted by molar-refractivity contribution is 6.10. The van der Waals surface area contributed by atoms with E-state index in [1.54, 1.807) is 0 Å². The highest BCUT2D eigenvalue weighted by atomic mass is 15.3. The predicted molar refractivity (Wildman–Crippen MR) is 187 cm³/mol. The summed E-state index contributed by atoms with van der Waals surface area (Å²) in [7, 11) is 0. The zero-order chi connectivity index (χ0) is 30.1. The summed E-state index contributed by atoms with van der Waals surface area (Å²) in [5.41, 5.74) is 12.5. The standard InChI is InChI=1S/C41H30N4/c1-27-41(28(2)45(42-27)30-14-4-3-5-15-30)29-24-31(43-37-20-10-6-16-33(37)34-17-7-11-21-38(34)43)26-32(25-29)44-39-22-12-8-18-35(39)36-19-9-13-23-40(36)44/h3-26H,1-2H3. The third-order valence-electron chi connectivity index (χ3n) is 9.16. The fourth-order valence-electron chi connectivity index (χ4n) is 7.28. The fraction of sp³-hybridized carbons (Fsp3) is 0.0488. The van der Waals surface area contributed by atoms with Gasteiger partial charge < -0.3 is 9.13 Å². The second kappa shape index (κ2) is 9.83. The number of hydrogen-bond donors (Lipinski definition) is 0. The summed E-state index contributed by atoms with van der Waals surface area (Å²) >= 11 is 0. The van der Waals surface area contributed by atoms with Gasteiger partial charge in [-0.3, -0.25) is 0 Å². The molecule has 214 valence electrons. The van der Waals surface area contributed by atoms with Crippen molar-refractivity contribution in [2.75, 3.05) is 0 Å². The van der Waals surface area contributed by atoms with Gasteiger partial charge in [-0.05, 0) is 74.0 Å². The van der Waals surface area contributed by atoms with Gasteiger partial charge >= 0.3 is 0 Å². The first kappa shape index (κ1) is 25.6. The van der Waals surface area contributed by atoms with E-state index in [4.69, 9.17) is 5.10 Å². The van der Waals surface area contributed by atoms with Crippen LogP contribution in [0.2, 0.25) is 0 Å². The lowest BCUT2D eigenvalue weighted by Gasteiger charge is -2.16. The van der Waals surface area contributed by atoms with Crippen LogP contribution in [0.5, 0.6) is 0 Å². The molecule has 6 aromatic carbocycles. The molecule has 3 aromatic heterocycles. The summed E-state index contributed by atoms with van der Waals surface area (Å²) in [6, 6.07) is 52.3. The Morgan fingerprint density at radius 3 is 1.27 bits per heavy atom. The minimum absolute atomic E-state index is 1.00. The number of rotatable bonds is 4. The van der Waals surface area contributed by atoms with Crippen molar-refractivity contribution in [3.05, 3.63) is 157 Å². The van der Waals surface area contributed by atoms with E-state index in [0.29, 0.717) is 0 Å². The molecule has 3 heterocycles. The van der Waals surface area contributed by atoms with Gasteiger partial charge in [0.15, 0.2) is 0 Å². The van der Waals surface area contributed by atoms with Crippen molar-refractivity contribution in [2.45, 2.75) is 13.8 Å². The van der Waals surface area contributed by atoms with Crippen LogP contribution in [0.4, 0.5) is 0 Å². The molecule has 45 heavy (non-hydrogen) atoms. The summed E-state index contributed by atoms with van der Waals surface area (Å²) in [5, 5.41) is 10.0. The summed E-state index contributed by atoms with van der Waals surface area (Å²) in [5.74, 6) is 0. The van der Waals surface area contributed by atoms with E-state index in [1.807, 2.05) is 6.07 Å². The molecule has 0 amide bonds. The molecular weight excluding hydrogens is 548 g/mol. The molecule has 0 unspecified atom stereocenters. The molecular formula is C41H30N4. The second-order valence-electron chi connectivity index (χ2n) is 11.8. The molecule has 0 saturated heterocycles. The highest BCUT2D eigenvalue weighted by Crippen LogP contribution is 2.39. The van der Waals surface area contributed by atoms with E-state index in [2.05, 4.69) is 167 Å². The lowest BCUT2D eigenvalue weighted by Crippen LogP contribution is -2.01. The molecule has 4 nitrogen and oxygen atoms in total. The molecule has 0 aliphatic rings. The van der Waals surface area contributed by atoms with Gasteiger partial charge in [-0.2, -0.15) is 5.10 Å². The van der Waals surface area contributed by atoms with Crippen molar-refractivity contribution >= 4 is 43.6 Å². The minimum Gasteiger partial charge on any atom is -0.309 e. The Morgan fingerprint density at radius 2 is 0.822 bits per heavy atom. The maximum absolute atomic E-state index is 5.04. The lowest BCUT2D eigenvalue weighted by atomic mass is 10.0. The third-order valence-corrected chi connectivity index (χ3v) is 9.16. The third kappa shape index (κ3) is 3.82. The van der Waals surface area contributed by atoms with Crippen LogP contribution in [0.25, 0.3) is 71.8 Å². The molecule has 9 aromatic rings. The molecule has 9 rings (SSSR count). The quantitative estimate of drug-likeness (QED) is 0.204. The van der Waals surface area contributed by atoms with Crippen molar-refractivity contribution < 1.29 is 0 Å². The summed E-state index contributed by atoms with van der Waals surface area (Å²) in [6.07, 6.45) is 0. The molecule has 0 fully saturated rings. The minimum atomic E-state index is 1.00. The van der Waals surface area contributed by atoms with Crippen LogP contribution >= 0.6 is 0 Å². The zero-order valence-corrected chi connectivity index (χ0v) is 25.1. The maximum atomic E-state index is 5.04. The van der Waals surface area contributed by atoms with Crippen molar-refractivity contribution in [2.24, 2.45) is 0 Å². The second-order valence-corrected chi connectivity index (χ2v) is 11.8. The number of fused-ring (bicyclic) bond motifs is 6. The number of benzene rings is 6. The van der Waals surface area contributed by atoms with Crippen molar-refractivity contribution in [3.8, 4) is 28.2 Å². The zero-order valence-electron chi connectivity index (χ0n) is 25.1. The van der Waals surface area contributed by atoms with Gasteiger partial charge in [0.1, 0.15) is 0 Å². The van der Waals surface area contributed by atoms with Gasteiger partial charge in [0, 0.05) is 44.2 Å². The Balaban J connectivity index is 1.40. The molecule has 0 radical (unpaired) electrons. The predicted octanol–water partition coefficient (Wildman–Crippen LogP) is 10.4. The van der Waals surface area contributed by atoms with Crippen LogP contribution in [0.1, 0.15) is 11.4 Å². The number of para-hydroxylation sites is 5. The Bertz CT molecular complexity index is 2320. The van der Waals surface area contributed by atoms with E-state index < -0.39 is 0 Å². The lowest BCUT2D eigenvalue weighted by molar-refractivity contribution is 0.834. The van der Waals surface area contributed by atoms with Gasteiger partial charge in [-0.15, -0.1) is 0 Å². The Labute approximate surface area is 261 Å². The van der Waals surface area contributed by atoms with Crippen molar-refractivity contribution in [3.63, 3.8) is 0 Å². The smallest absolute Gasteiger partial charge is 0.0679 e. The first-order valence-electron chi connectivity index (χ1n) is 15.4. The van der Waals surface area contributed by atoms with E-state index >= 15 is 0 Å².